The maximum Gasteiger partial charge on any atom is 0.183 e. The highest BCUT2D eigenvalue weighted by Gasteiger charge is 2.46. The Morgan fingerprint density at radius 2 is 1.62 bits per heavy atom. The zero-order valence-corrected chi connectivity index (χ0v) is 11.9. The maximum absolute atomic E-state index is 13.4. The van der Waals surface area contributed by atoms with Crippen LogP contribution in [0.5, 0.6) is 0 Å². The lowest BCUT2D eigenvalue weighted by molar-refractivity contribution is -0.0130. The number of carbonyl (C=O) groups excluding carboxylic acids is 1. The maximum atomic E-state index is 13.4. The predicted molar refractivity (Wildman–Crippen MR) is 74.3 cm³/mol. The molecule has 1 aliphatic heterocycles. The van der Waals surface area contributed by atoms with Gasteiger partial charge in [-0.2, -0.15) is 0 Å². The lowest BCUT2D eigenvalue weighted by Crippen LogP contribution is -2.56. The van der Waals surface area contributed by atoms with Crippen LogP contribution in [0.15, 0.2) is 18.2 Å². The van der Waals surface area contributed by atoms with Gasteiger partial charge in [-0.1, -0.05) is 12.8 Å². The number of morpholine rings is 1. The molecule has 1 aromatic carbocycles. The molecule has 3 nitrogen and oxygen atoms in total. The Bertz CT molecular complexity index is 515. The second-order valence-corrected chi connectivity index (χ2v) is 5.83. The van der Waals surface area contributed by atoms with Crippen LogP contribution in [0, 0.1) is 11.6 Å². The van der Waals surface area contributed by atoms with Gasteiger partial charge in [0.1, 0.15) is 11.6 Å². The van der Waals surface area contributed by atoms with Crippen molar-refractivity contribution in [1.82, 2.24) is 4.90 Å². The summed E-state index contributed by atoms with van der Waals surface area (Å²) in [7, 11) is 0. The van der Waals surface area contributed by atoms with E-state index < -0.39 is 17.2 Å². The van der Waals surface area contributed by atoms with Crippen molar-refractivity contribution >= 4 is 5.78 Å². The van der Waals surface area contributed by atoms with Gasteiger partial charge in [0, 0.05) is 24.7 Å². The van der Waals surface area contributed by atoms with Crippen molar-refractivity contribution in [1.29, 1.82) is 0 Å². The first-order chi connectivity index (χ1) is 10.1. The van der Waals surface area contributed by atoms with Crippen LogP contribution in [0.2, 0.25) is 0 Å². The smallest absolute Gasteiger partial charge is 0.183 e. The number of halogens is 2. The van der Waals surface area contributed by atoms with Gasteiger partial charge in [-0.25, -0.2) is 8.78 Å². The minimum Gasteiger partial charge on any atom is -0.379 e. The van der Waals surface area contributed by atoms with Crippen LogP contribution in [-0.2, 0) is 4.74 Å². The molecule has 0 unspecified atom stereocenters. The number of benzene rings is 1. The number of nitrogens with zero attached hydrogens (tertiary/aromatic N) is 1. The second-order valence-electron chi connectivity index (χ2n) is 5.83. The fourth-order valence-electron chi connectivity index (χ4n) is 3.59. The first kappa shape index (κ1) is 14.6. The third kappa shape index (κ3) is 2.72. The normalized spacial score (nSPS) is 22.4. The predicted octanol–water partition coefficient (Wildman–Crippen LogP) is 2.79. The molecule has 0 N–H and O–H groups in total. The van der Waals surface area contributed by atoms with E-state index in [4.69, 9.17) is 4.74 Å². The topological polar surface area (TPSA) is 29.5 Å². The lowest BCUT2D eigenvalue weighted by atomic mass is 9.85. The van der Waals surface area contributed by atoms with E-state index in [2.05, 4.69) is 4.90 Å². The molecular formula is C16H19F2NO2. The molecule has 0 amide bonds. The summed E-state index contributed by atoms with van der Waals surface area (Å²) in [4.78, 5) is 15.1. The number of rotatable bonds is 3. The van der Waals surface area contributed by atoms with Crippen LogP contribution < -0.4 is 0 Å². The molecule has 114 valence electrons. The third-order valence-corrected chi connectivity index (χ3v) is 4.59. The fourth-order valence-corrected chi connectivity index (χ4v) is 3.59. The number of ketones is 1. The van der Waals surface area contributed by atoms with E-state index in [1.54, 1.807) is 0 Å². The van der Waals surface area contributed by atoms with Gasteiger partial charge in [0.2, 0.25) is 0 Å². The van der Waals surface area contributed by atoms with Crippen LogP contribution in [0.1, 0.15) is 36.0 Å². The lowest BCUT2D eigenvalue weighted by Gasteiger charge is -2.42. The average Bonchev–Trinajstić information content (AvgIpc) is 2.97. The Labute approximate surface area is 122 Å². The summed E-state index contributed by atoms with van der Waals surface area (Å²) in [5.74, 6) is -1.55. The largest absolute Gasteiger partial charge is 0.379 e. The second kappa shape index (κ2) is 5.81. The van der Waals surface area contributed by atoms with E-state index in [1.807, 2.05) is 0 Å². The van der Waals surface area contributed by atoms with Crippen molar-refractivity contribution < 1.29 is 18.3 Å². The third-order valence-electron chi connectivity index (χ3n) is 4.59. The SMILES string of the molecule is O=C(c1cc(F)cc(F)c1)C1(N2CCOCC2)CCCC1. The van der Waals surface area contributed by atoms with Crippen LogP contribution in [0.4, 0.5) is 8.78 Å². The molecule has 0 spiro atoms. The zero-order chi connectivity index (χ0) is 14.9. The van der Waals surface area contributed by atoms with E-state index in [0.717, 1.165) is 43.9 Å². The molecule has 1 saturated heterocycles. The Morgan fingerprint density at radius 3 is 2.19 bits per heavy atom. The summed E-state index contributed by atoms with van der Waals surface area (Å²) >= 11 is 0. The summed E-state index contributed by atoms with van der Waals surface area (Å²) in [5.41, 5.74) is -0.467. The number of hydrogen-bond donors (Lipinski definition) is 0. The van der Waals surface area contributed by atoms with E-state index in [0.29, 0.717) is 26.3 Å². The Morgan fingerprint density at radius 1 is 1.05 bits per heavy atom. The summed E-state index contributed by atoms with van der Waals surface area (Å²) in [5, 5.41) is 0. The molecule has 0 aromatic heterocycles. The monoisotopic (exact) mass is 295 g/mol. The number of hydrogen-bond acceptors (Lipinski definition) is 3. The molecule has 0 radical (unpaired) electrons. The van der Waals surface area contributed by atoms with Crippen LogP contribution in [-0.4, -0.2) is 42.5 Å². The van der Waals surface area contributed by atoms with Crippen molar-refractivity contribution in [2.24, 2.45) is 0 Å². The van der Waals surface area contributed by atoms with Crippen LogP contribution in [0.25, 0.3) is 0 Å². The first-order valence-electron chi connectivity index (χ1n) is 7.45. The molecule has 1 saturated carbocycles. The summed E-state index contributed by atoms with van der Waals surface area (Å²) < 4.78 is 32.2. The number of ether oxygens (including phenoxy) is 1. The molecule has 1 heterocycles. The highest BCUT2D eigenvalue weighted by molar-refractivity contribution is 6.03. The van der Waals surface area contributed by atoms with Crippen molar-refractivity contribution in [3.05, 3.63) is 35.4 Å². The summed E-state index contributed by atoms with van der Waals surface area (Å²) in [6.45, 7) is 2.60. The quantitative estimate of drug-likeness (QED) is 0.803. The van der Waals surface area contributed by atoms with Crippen molar-refractivity contribution in [3.8, 4) is 0 Å². The molecule has 0 atom stereocenters. The first-order valence-corrected chi connectivity index (χ1v) is 7.45. The van der Waals surface area contributed by atoms with Crippen LogP contribution >= 0.6 is 0 Å². The number of carbonyl (C=O) groups is 1. The molecule has 2 fully saturated rings. The molecular weight excluding hydrogens is 276 g/mol. The standard InChI is InChI=1S/C16H19F2NO2/c17-13-9-12(10-14(18)11-13)15(20)16(3-1-2-4-16)19-5-7-21-8-6-19/h9-11H,1-8H2. The highest BCUT2D eigenvalue weighted by Crippen LogP contribution is 2.38. The average molecular weight is 295 g/mol. The fraction of sp³-hybridized carbons (Fsp3) is 0.562. The van der Waals surface area contributed by atoms with Crippen LogP contribution in [0.3, 0.4) is 0 Å². The zero-order valence-electron chi connectivity index (χ0n) is 11.9. The van der Waals surface area contributed by atoms with Gasteiger partial charge in [0.05, 0.1) is 18.8 Å². The molecule has 0 bridgehead atoms. The molecule has 1 aliphatic carbocycles. The van der Waals surface area contributed by atoms with E-state index in [9.17, 15) is 13.6 Å². The van der Waals surface area contributed by atoms with Gasteiger partial charge in [-0.05, 0) is 25.0 Å². The summed E-state index contributed by atoms with van der Waals surface area (Å²) in [6, 6.07) is 3.09. The molecule has 21 heavy (non-hydrogen) atoms. The Balaban J connectivity index is 1.94. The van der Waals surface area contributed by atoms with Gasteiger partial charge in [-0.15, -0.1) is 0 Å². The van der Waals surface area contributed by atoms with Crippen molar-refractivity contribution in [2.75, 3.05) is 26.3 Å². The van der Waals surface area contributed by atoms with Gasteiger partial charge in [0.25, 0.3) is 0 Å². The van der Waals surface area contributed by atoms with E-state index in [1.165, 1.54) is 0 Å². The minimum absolute atomic E-state index is 0.140. The Hall–Kier alpha value is -1.33. The van der Waals surface area contributed by atoms with E-state index in [-0.39, 0.29) is 11.3 Å². The van der Waals surface area contributed by atoms with Crippen molar-refractivity contribution in [3.63, 3.8) is 0 Å². The molecule has 5 heteroatoms. The van der Waals surface area contributed by atoms with Gasteiger partial charge in [0.15, 0.2) is 5.78 Å². The highest BCUT2D eigenvalue weighted by atomic mass is 19.1. The molecule has 3 rings (SSSR count). The van der Waals surface area contributed by atoms with Gasteiger partial charge >= 0.3 is 0 Å². The van der Waals surface area contributed by atoms with Gasteiger partial charge in [-0.3, -0.25) is 9.69 Å². The van der Waals surface area contributed by atoms with Gasteiger partial charge < -0.3 is 4.74 Å². The minimum atomic E-state index is -0.700. The van der Waals surface area contributed by atoms with Crippen molar-refractivity contribution in [2.45, 2.75) is 31.2 Å². The van der Waals surface area contributed by atoms with E-state index >= 15 is 0 Å². The molecule has 1 aromatic rings. The number of Topliss-reactive ketones (excluding diaryl/α,β-unsaturated/α-hetero) is 1. The Kier molecular flexibility index (Phi) is 4.04. The summed E-state index contributed by atoms with van der Waals surface area (Å²) in [6.07, 6.45) is 3.45. The molecule has 2 aliphatic rings.